The van der Waals surface area contributed by atoms with Crippen molar-refractivity contribution in [3.05, 3.63) is 53.2 Å². The van der Waals surface area contributed by atoms with Gasteiger partial charge in [0, 0.05) is 49.7 Å². The van der Waals surface area contributed by atoms with Crippen LogP contribution in [0.25, 0.3) is 0 Å². The highest BCUT2D eigenvalue weighted by molar-refractivity contribution is 5.73. The van der Waals surface area contributed by atoms with E-state index in [1.165, 1.54) is 6.07 Å². The van der Waals surface area contributed by atoms with E-state index in [2.05, 4.69) is 10.3 Å². The number of anilines is 1. The van der Waals surface area contributed by atoms with Crippen molar-refractivity contribution in [2.24, 2.45) is 0 Å². The average molecular weight is 397 g/mol. The van der Waals surface area contributed by atoms with Crippen LogP contribution >= 0.6 is 0 Å². The van der Waals surface area contributed by atoms with Gasteiger partial charge in [0.1, 0.15) is 17.5 Å². The first-order valence-electron chi connectivity index (χ1n) is 10.6. The Kier molecular flexibility index (Phi) is 5.52. The van der Waals surface area contributed by atoms with E-state index in [1.54, 1.807) is 19.1 Å². The van der Waals surface area contributed by atoms with E-state index in [1.807, 2.05) is 24.0 Å². The molecule has 6 heteroatoms. The van der Waals surface area contributed by atoms with Crippen molar-refractivity contribution < 1.29 is 9.18 Å². The first-order valence-corrected chi connectivity index (χ1v) is 10.6. The fraction of sp³-hybridized carbons (Fsp3) is 0.522. The molecule has 29 heavy (non-hydrogen) atoms. The van der Waals surface area contributed by atoms with Crippen molar-refractivity contribution in [3.8, 4) is 0 Å². The minimum Gasteiger partial charge on any atom is -0.369 e. The number of hydrogen-bond acceptors (Lipinski definition) is 4. The topological polar surface area (TPSA) is 58.1 Å². The van der Waals surface area contributed by atoms with Crippen molar-refractivity contribution in [2.75, 3.05) is 25.0 Å². The Morgan fingerprint density at radius 1 is 1.28 bits per heavy atom. The van der Waals surface area contributed by atoms with Gasteiger partial charge in [0.2, 0.25) is 5.91 Å². The van der Waals surface area contributed by atoms with Crippen LogP contribution in [0.3, 0.4) is 0 Å². The summed E-state index contributed by atoms with van der Waals surface area (Å²) in [5, 5.41) is 3.53. The van der Waals surface area contributed by atoms with E-state index in [0.29, 0.717) is 6.54 Å². The normalized spacial score (nSPS) is 20.8. The predicted molar refractivity (Wildman–Crippen MR) is 111 cm³/mol. The summed E-state index contributed by atoms with van der Waals surface area (Å²) in [6.07, 6.45) is 5.33. The van der Waals surface area contributed by atoms with Crippen LogP contribution in [0.5, 0.6) is 0 Å². The van der Waals surface area contributed by atoms with E-state index in [0.717, 1.165) is 68.1 Å². The first kappa shape index (κ1) is 19.8. The largest absolute Gasteiger partial charge is 0.369 e. The number of nitrogens with one attached hydrogen (secondary N) is 1. The standard InChI is InChI=1S/C23H29FN4O/c1-16-12-21(27-22(26-16)18-8-11-28(14-18)17(2)29)25-15-23(9-3-4-10-23)19-6-5-7-20(24)13-19/h5-7,12-13,18H,3-4,8-11,14-15H2,1-2H3,(H,25,26,27). The number of benzene rings is 1. The second kappa shape index (κ2) is 8.09. The van der Waals surface area contributed by atoms with Crippen LogP contribution in [0.15, 0.2) is 30.3 Å². The molecule has 2 heterocycles. The van der Waals surface area contributed by atoms with Gasteiger partial charge in [0.25, 0.3) is 0 Å². The van der Waals surface area contributed by atoms with Crippen LogP contribution in [0, 0.1) is 12.7 Å². The maximum atomic E-state index is 13.9. The molecular formula is C23H29FN4O. The zero-order chi connectivity index (χ0) is 20.4. The maximum Gasteiger partial charge on any atom is 0.219 e. The van der Waals surface area contributed by atoms with Crippen LogP contribution in [0.1, 0.15) is 62.0 Å². The summed E-state index contributed by atoms with van der Waals surface area (Å²) in [6, 6.07) is 9.00. The molecule has 4 rings (SSSR count). The number of hydrogen-bond donors (Lipinski definition) is 1. The number of amides is 1. The van der Waals surface area contributed by atoms with Gasteiger partial charge in [-0.2, -0.15) is 0 Å². The van der Waals surface area contributed by atoms with Crippen molar-refractivity contribution in [3.63, 3.8) is 0 Å². The third-order valence-corrected chi connectivity index (χ3v) is 6.48. The molecule has 1 unspecified atom stereocenters. The lowest BCUT2D eigenvalue weighted by Gasteiger charge is -2.30. The molecule has 1 atom stereocenters. The van der Waals surface area contributed by atoms with Crippen LogP contribution in [0.4, 0.5) is 10.2 Å². The Morgan fingerprint density at radius 2 is 2.07 bits per heavy atom. The summed E-state index contributed by atoms with van der Waals surface area (Å²) in [6.45, 7) is 5.77. The average Bonchev–Trinajstić information content (AvgIpc) is 3.37. The van der Waals surface area contributed by atoms with Crippen LogP contribution in [0.2, 0.25) is 0 Å². The minimum atomic E-state index is -0.176. The van der Waals surface area contributed by atoms with Gasteiger partial charge in [0.15, 0.2) is 0 Å². The number of halogens is 1. The monoisotopic (exact) mass is 396 g/mol. The number of aromatic nitrogens is 2. The van der Waals surface area contributed by atoms with Crippen LogP contribution < -0.4 is 5.32 Å². The highest BCUT2D eigenvalue weighted by Gasteiger charge is 2.36. The summed E-state index contributed by atoms with van der Waals surface area (Å²) in [5.41, 5.74) is 1.94. The van der Waals surface area contributed by atoms with Crippen LogP contribution in [-0.2, 0) is 10.2 Å². The molecule has 0 radical (unpaired) electrons. The SMILES string of the molecule is CC(=O)N1CCC(c2nc(C)cc(NCC3(c4cccc(F)c4)CCCC3)n2)C1. The van der Waals surface area contributed by atoms with Crippen molar-refractivity contribution >= 4 is 11.7 Å². The molecule has 1 aromatic heterocycles. The molecule has 1 aliphatic heterocycles. The van der Waals surface area contributed by atoms with Gasteiger partial charge in [-0.25, -0.2) is 14.4 Å². The third kappa shape index (κ3) is 4.26. The Balaban J connectivity index is 1.52. The summed E-state index contributed by atoms with van der Waals surface area (Å²) in [4.78, 5) is 22.9. The molecule has 1 amide bonds. The Hall–Kier alpha value is -2.50. The third-order valence-electron chi connectivity index (χ3n) is 6.48. The van der Waals surface area contributed by atoms with Crippen LogP contribution in [-0.4, -0.2) is 40.4 Å². The number of nitrogens with zero attached hydrogens (tertiary/aromatic N) is 3. The molecular weight excluding hydrogens is 367 g/mol. The molecule has 2 fully saturated rings. The highest BCUT2D eigenvalue weighted by atomic mass is 19.1. The lowest BCUT2D eigenvalue weighted by molar-refractivity contribution is -0.127. The lowest BCUT2D eigenvalue weighted by atomic mass is 9.78. The molecule has 1 saturated heterocycles. The van der Waals surface area contributed by atoms with Gasteiger partial charge < -0.3 is 10.2 Å². The zero-order valence-corrected chi connectivity index (χ0v) is 17.2. The molecule has 1 aromatic carbocycles. The zero-order valence-electron chi connectivity index (χ0n) is 17.2. The summed E-state index contributed by atoms with van der Waals surface area (Å²) in [7, 11) is 0. The molecule has 2 aromatic rings. The van der Waals surface area contributed by atoms with E-state index >= 15 is 0 Å². The van der Waals surface area contributed by atoms with Crippen molar-refractivity contribution in [1.82, 2.24) is 14.9 Å². The molecule has 154 valence electrons. The Bertz CT molecular complexity index is 894. The van der Waals surface area contributed by atoms with Gasteiger partial charge >= 0.3 is 0 Å². The number of likely N-dealkylation sites (tertiary alicyclic amines) is 1. The van der Waals surface area contributed by atoms with E-state index < -0.39 is 0 Å². The second-order valence-electron chi connectivity index (χ2n) is 8.55. The summed E-state index contributed by atoms with van der Waals surface area (Å²) >= 11 is 0. The number of carbonyl (C=O) groups excluding carboxylic acids is 1. The summed E-state index contributed by atoms with van der Waals surface area (Å²) < 4.78 is 13.9. The Morgan fingerprint density at radius 3 is 2.76 bits per heavy atom. The molecule has 1 aliphatic carbocycles. The van der Waals surface area contributed by atoms with Crippen molar-refractivity contribution in [1.29, 1.82) is 0 Å². The fourth-order valence-electron chi connectivity index (χ4n) is 4.82. The van der Waals surface area contributed by atoms with Gasteiger partial charge in [-0.05, 0) is 43.9 Å². The maximum absolute atomic E-state index is 13.9. The van der Waals surface area contributed by atoms with E-state index in [9.17, 15) is 9.18 Å². The number of rotatable bonds is 5. The Labute approximate surface area is 171 Å². The quantitative estimate of drug-likeness (QED) is 0.824. The van der Waals surface area contributed by atoms with Crippen molar-refractivity contribution in [2.45, 2.75) is 57.3 Å². The number of aryl methyl sites for hydroxylation is 1. The number of carbonyl (C=O) groups is 1. The highest BCUT2D eigenvalue weighted by Crippen LogP contribution is 2.41. The molecule has 1 N–H and O–H groups in total. The van der Waals surface area contributed by atoms with Gasteiger partial charge in [0.05, 0.1) is 0 Å². The molecule has 0 bridgehead atoms. The molecule has 0 spiro atoms. The molecule has 2 aliphatic rings. The molecule has 5 nitrogen and oxygen atoms in total. The van der Waals surface area contributed by atoms with Gasteiger partial charge in [-0.1, -0.05) is 25.0 Å². The van der Waals surface area contributed by atoms with Gasteiger partial charge in [-0.3, -0.25) is 4.79 Å². The van der Waals surface area contributed by atoms with E-state index in [-0.39, 0.29) is 23.1 Å². The second-order valence-corrected chi connectivity index (χ2v) is 8.55. The first-order chi connectivity index (χ1) is 13.9. The molecule has 1 saturated carbocycles. The summed E-state index contributed by atoms with van der Waals surface area (Å²) in [5.74, 6) is 1.74. The minimum absolute atomic E-state index is 0.0556. The lowest BCUT2D eigenvalue weighted by Crippen LogP contribution is -2.32. The smallest absolute Gasteiger partial charge is 0.219 e. The van der Waals surface area contributed by atoms with E-state index in [4.69, 9.17) is 4.98 Å². The fourth-order valence-corrected chi connectivity index (χ4v) is 4.82. The van der Waals surface area contributed by atoms with Gasteiger partial charge in [-0.15, -0.1) is 0 Å². The predicted octanol–water partition coefficient (Wildman–Crippen LogP) is 4.18.